The van der Waals surface area contributed by atoms with Crippen LogP contribution in [0, 0.1) is 5.92 Å². The van der Waals surface area contributed by atoms with E-state index in [1.807, 2.05) is 6.08 Å². The Morgan fingerprint density at radius 1 is 1.54 bits per heavy atom. The second kappa shape index (κ2) is 5.02. The van der Waals surface area contributed by atoms with Crippen LogP contribution in [0.1, 0.15) is 26.2 Å². The van der Waals surface area contributed by atoms with Crippen LogP contribution in [0.25, 0.3) is 0 Å². The second-order valence-corrected chi connectivity index (χ2v) is 3.45. The van der Waals surface area contributed by atoms with Gasteiger partial charge < -0.3 is 10.4 Å². The number of carboxylic acids is 1. The van der Waals surface area contributed by atoms with E-state index in [1.54, 1.807) is 0 Å². The first-order chi connectivity index (χ1) is 6.25. The Balaban J connectivity index is 2.48. The molecule has 0 saturated carbocycles. The van der Waals surface area contributed by atoms with Crippen LogP contribution >= 0.6 is 0 Å². The fourth-order valence-corrected chi connectivity index (χ4v) is 1.64. The maximum absolute atomic E-state index is 10.9. The average Bonchev–Trinajstić information content (AvgIpc) is 2.15. The van der Waals surface area contributed by atoms with E-state index in [-0.39, 0.29) is 12.0 Å². The molecule has 13 heavy (non-hydrogen) atoms. The van der Waals surface area contributed by atoms with E-state index in [2.05, 4.69) is 18.3 Å². The van der Waals surface area contributed by atoms with Crippen LogP contribution in [0.5, 0.6) is 0 Å². The largest absolute Gasteiger partial charge is 0.481 e. The Hall–Kier alpha value is -0.830. The van der Waals surface area contributed by atoms with Crippen LogP contribution < -0.4 is 5.32 Å². The van der Waals surface area contributed by atoms with E-state index in [1.165, 1.54) is 0 Å². The molecule has 1 aliphatic carbocycles. The molecule has 2 atom stereocenters. The predicted octanol–water partition coefficient (Wildman–Crippen LogP) is 1.41. The lowest BCUT2D eigenvalue weighted by Crippen LogP contribution is -2.41. The van der Waals surface area contributed by atoms with Crippen molar-refractivity contribution in [3.8, 4) is 0 Å². The molecule has 1 rings (SSSR count). The quantitative estimate of drug-likeness (QED) is 0.648. The molecule has 0 aromatic carbocycles. The van der Waals surface area contributed by atoms with Crippen molar-refractivity contribution >= 4 is 5.97 Å². The van der Waals surface area contributed by atoms with Gasteiger partial charge in [-0.3, -0.25) is 4.79 Å². The maximum Gasteiger partial charge on any atom is 0.308 e. The molecule has 0 fully saturated rings. The first-order valence-electron chi connectivity index (χ1n) is 4.87. The summed E-state index contributed by atoms with van der Waals surface area (Å²) in [4.78, 5) is 10.9. The van der Waals surface area contributed by atoms with Crippen molar-refractivity contribution in [3.05, 3.63) is 12.2 Å². The summed E-state index contributed by atoms with van der Waals surface area (Å²) >= 11 is 0. The smallest absolute Gasteiger partial charge is 0.308 e. The van der Waals surface area contributed by atoms with Gasteiger partial charge in [0.05, 0.1) is 5.92 Å². The summed E-state index contributed by atoms with van der Waals surface area (Å²) in [6.45, 7) is 2.99. The van der Waals surface area contributed by atoms with E-state index in [0.717, 1.165) is 19.4 Å². The van der Waals surface area contributed by atoms with Gasteiger partial charge in [-0.2, -0.15) is 0 Å². The topological polar surface area (TPSA) is 49.3 Å². The van der Waals surface area contributed by atoms with Gasteiger partial charge in [-0.25, -0.2) is 0 Å². The molecular formula is C10H17NO2. The summed E-state index contributed by atoms with van der Waals surface area (Å²) in [5.74, 6) is -0.922. The lowest BCUT2D eigenvalue weighted by Gasteiger charge is -2.25. The Morgan fingerprint density at radius 2 is 2.23 bits per heavy atom. The van der Waals surface area contributed by atoms with Gasteiger partial charge >= 0.3 is 5.97 Å². The zero-order valence-electron chi connectivity index (χ0n) is 7.99. The third-order valence-electron chi connectivity index (χ3n) is 2.41. The zero-order valence-corrected chi connectivity index (χ0v) is 7.99. The highest BCUT2D eigenvalue weighted by Crippen LogP contribution is 2.19. The summed E-state index contributed by atoms with van der Waals surface area (Å²) < 4.78 is 0. The molecule has 0 heterocycles. The highest BCUT2D eigenvalue weighted by Gasteiger charge is 2.27. The lowest BCUT2D eigenvalue weighted by atomic mass is 9.89. The van der Waals surface area contributed by atoms with Gasteiger partial charge in [0.25, 0.3) is 0 Å². The van der Waals surface area contributed by atoms with E-state index < -0.39 is 5.97 Å². The lowest BCUT2D eigenvalue weighted by molar-refractivity contribution is -0.142. The fourth-order valence-electron chi connectivity index (χ4n) is 1.64. The summed E-state index contributed by atoms with van der Waals surface area (Å²) in [5.41, 5.74) is 0. The number of nitrogens with one attached hydrogen (secondary N) is 1. The first-order valence-corrected chi connectivity index (χ1v) is 4.87. The molecule has 0 radical (unpaired) electrons. The maximum atomic E-state index is 10.9. The molecule has 3 nitrogen and oxygen atoms in total. The van der Waals surface area contributed by atoms with Crippen molar-refractivity contribution in [2.75, 3.05) is 6.54 Å². The Bertz CT molecular complexity index is 201. The second-order valence-electron chi connectivity index (χ2n) is 3.45. The van der Waals surface area contributed by atoms with Crippen molar-refractivity contribution in [1.29, 1.82) is 0 Å². The molecule has 1 aliphatic rings. The van der Waals surface area contributed by atoms with E-state index >= 15 is 0 Å². The molecule has 3 heteroatoms. The van der Waals surface area contributed by atoms with E-state index in [9.17, 15) is 4.79 Å². The number of rotatable bonds is 4. The van der Waals surface area contributed by atoms with Crippen molar-refractivity contribution in [2.24, 2.45) is 5.92 Å². The monoisotopic (exact) mass is 183 g/mol. The summed E-state index contributed by atoms with van der Waals surface area (Å²) in [5, 5.41) is 12.2. The van der Waals surface area contributed by atoms with Crippen molar-refractivity contribution in [2.45, 2.75) is 32.2 Å². The van der Waals surface area contributed by atoms with Crippen LogP contribution in [0.4, 0.5) is 0 Å². The van der Waals surface area contributed by atoms with Gasteiger partial charge in [0.15, 0.2) is 0 Å². The van der Waals surface area contributed by atoms with E-state index in [4.69, 9.17) is 5.11 Å². The molecule has 0 bridgehead atoms. The van der Waals surface area contributed by atoms with Gasteiger partial charge in [0, 0.05) is 6.04 Å². The summed E-state index contributed by atoms with van der Waals surface area (Å²) in [6, 6.07) is 0.127. The SMILES string of the molecule is CCCNC1CC=CCC1C(=O)O. The van der Waals surface area contributed by atoms with Crippen LogP contribution in [-0.2, 0) is 4.79 Å². The number of carbonyl (C=O) groups is 1. The molecule has 0 spiro atoms. The number of aliphatic carboxylic acids is 1. The number of hydrogen-bond acceptors (Lipinski definition) is 2. The average molecular weight is 183 g/mol. The Morgan fingerprint density at radius 3 is 2.85 bits per heavy atom. The highest BCUT2D eigenvalue weighted by atomic mass is 16.4. The van der Waals surface area contributed by atoms with Crippen LogP contribution in [0.2, 0.25) is 0 Å². The number of hydrogen-bond donors (Lipinski definition) is 2. The first kappa shape index (κ1) is 10.3. The molecule has 0 aromatic rings. The van der Waals surface area contributed by atoms with Crippen molar-refractivity contribution < 1.29 is 9.90 Å². The van der Waals surface area contributed by atoms with Crippen LogP contribution in [-0.4, -0.2) is 23.7 Å². The van der Waals surface area contributed by atoms with Gasteiger partial charge in [0.2, 0.25) is 0 Å². The Kier molecular flexibility index (Phi) is 3.96. The van der Waals surface area contributed by atoms with Gasteiger partial charge in [-0.15, -0.1) is 0 Å². The van der Waals surface area contributed by atoms with Crippen LogP contribution in [0.3, 0.4) is 0 Å². The normalized spacial score (nSPS) is 27.5. The summed E-state index contributed by atoms with van der Waals surface area (Å²) in [7, 11) is 0. The third-order valence-corrected chi connectivity index (χ3v) is 2.41. The molecule has 2 N–H and O–H groups in total. The molecule has 74 valence electrons. The van der Waals surface area contributed by atoms with Crippen LogP contribution in [0.15, 0.2) is 12.2 Å². The molecule has 0 amide bonds. The molecule has 0 aromatic heterocycles. The fraction of sp³-hybridized carbons (Fsp3) is 0.700. The molecule has 0 aliphatic heterocycles. The van der Waals surface area contributed by atoms with Gasteiger partial charge in [-0.05, 0) is 25.8 Å². The standard InChI is InChI=1S/C10H17NO2/c1-2-7-11-9-6-4-3-5-8(9)10(12)13/h3-4,8-9,11H,2,5-7H2,1H3,(H,12,13). The molecule has 0 saturated heterocycles. The zero-order chi connectivity index (χ0) is 9.68. The third kappa shape index (κ3) is 2.84. The van der Waals surface area contributed by atoms with Crippen molar-refractivity contribution in [1.82, 2.24) is 5.32 Å². The Labute approximate surface area is 78.8 Å². The number of allylic oxidation sites excluding steroid dienone is 1. The minimum atomic E-state index is -0.682. The van der Waals surface area contributed by atoms with Gasteiger partial charge in [0.1, 0.15) is 0 Å². The van der Waals surface area contributed by atoms with Gasteiger partial charge in [-0.1, -0.05) is 19.1 Å². The minimum Gasteiger partial charge on any atom is -0.481 e. The van der Waals surface area contributed by atoms with Crippen molar-refractivity contribution in [3.63, 3.8) is 0 Å². The summed E-state index contributed by atoms with van der Waals surface area (Å²) in [6.07, 6.45) is 6.58. The number of carboxylic acid groups (broad SMARTS) is 1. The molecular weight excluding hydrogens is 166 g/mol. The molecule has 2 unspecified atom stereocenters. The highest BCUT2D eigenvalue weighted by molar-refractivity contribution is 5.71. The minimum absolute atomic E-state index is 0.127. The predicted molar refractivity (Wildman–Crippen MR) is 51.6 cm³/mol. The van der Waals surface area contributed by atoms with E-state index in [0.29, 0.717) is 6.42 Å².